The topological polar surface area (TPSA) is 49.7 Å². The summed E-state index contributed by atoms with van der Waals surface area (Å²) in [5.41, 5.74) is -0.221. The van der Waals surface area contributed by atoms with Gasteiger partial charge in [-0.05, 0) is 30.4 Å². The van der Waals surface area contributed by atoms with Crippen LogP contribution in [0, 0.1) is 18.6 Å². The molecule has 0 aliphatic rings. The highest BCUT2D eigenvalue weighted by molar-refractivity contribution is 6.59. The van der Waals surface area contributed by atoms with Crippen LogP contribution in [0.3, 0.4) is 0 Å². The van der Waals surface area contributed by atoms with Crippen molar-refractivity contribution in [3.8, 4) is 5.75 Å². The number of ether oxygens (including phenoxy) is 1. The van der Waals surface area contributed by atoms with Crippen LogP contribution in [-0.2, 0) is 0 Å². The molecule has 1 aromatic rings. The maximum absolute atomic E-state index is 13.6. The highest BCUT2D eigenvalue weighted by atomic mass is 19.1. The summed E-state index contributed by atoms with van der Waals surface area (Å²) in [6, 6.07) is 0.869. The summed E-state index contributed by atoms with van der Waals surface area (Å²) in [5.74, 6) is -2.29. The molecule has 1 aromatic carbocycles. The molecular formula is C10H13BF2O3. The Kier molecular flexibility index (Phi) is 4.26. The third kappa shape index (κ3) is 2.51. The van der Waals surface area contributed by atoms with E-state index in [1.165, 1.54) is 6.92 Å². The Morgan fingerprint density at radius 1 is 1.38 bits per heavy atom. The van der Waals surface area contributed by atoms with E-state index in [1.807, 2.05) is 6.92 Å². The van der Waals surface area contributed by atoms with Crippen molar-refractivity contribution in [3.05, 3.63) is 23.3 Å². The monoisotopic (exact) mass is 230 g/mol. The zero-order valence-corrected chi connectivity index (χ0v) is 9.13. The van der Waals surface area contributed by atoms with Gasteiger partial charge in [0, 0.05) is 0 Å². The lowest BCUT2D eigenvalue weighted by Crippen LogP contribution is -2.33. The summed E-state index contributed by atoms with van der Waals surface area (Å²) in [7, 11) is -1.90. The Labute approximate surface area is 92.8 Å². The van der Waals surface area contributed by atoms with Gasteiger partial charge < -0.3 is 14.8 Å². The average Bonchev–Trinajstić information content (AvgIpc) is 2.23. The molecule has 0 aliphatic carbocycles. The second-order valence-corrected chi connectivity index (χ2v) is 3.44. The molecule has 1 rings (SSSR count). The molecule has 0 radical (unpaired) electrons. The van der Waals surface area contributed by atoms with Gasteiger partial charge in [0.15, 0.2) is 17.4 Å². The minimum Gasteiger partial charge on any atom is -0.488 e. The Hall–Kier alpha value is -1.14. The molecule has 3 nitrogen and oxygen atoms in total. The van der Waals surface area contributed by atoms with Crippen LogP contribution >= 0.6 is 0 Å². The van der Waals surface area contributed by atoms with Crippen LogP contribution in [0.4, 0.5) is 8.78 Å². The minimum atomic E-state index is -1.90. The molecule has 0 unspecified atom stereocenters. The van der Waals surface area contributed by atoms with Crippen molar-refractivity contribution in [1.29, 1.82) is 0 Å². The molecule has 16 heavy (non-hydrogen) atoms. The highest BCUT2D eigenvalue weighted by Gasteiger charge is 2.23. The summed E-state index contributed by atoms with van der Waals surface area (Å²) in [6.45, 7) is 3.35. The zero-order valence-electron chi connectivity index (χ0n) is 9.13. The summed E-state index contributed by atoms with van der Waals surface area (Å²) < 4.78 is 31.9. The first-order chi connectivity index (χ1) is 7.49. The van der Waals surface area contributed by atoms with Crippen molar-refractivity contribution in [1.82, 2.24) is 0 Å². The van der Waals surface area contributed by atoms with Crippen LogP contribution in [0.25, 0.3) is 0 Å². The molecule has 0 aliphatic heterocycles. The van der Waals surface area contributed by atoms with Gasteiger partial charge in [-0.25, -0.2) is 8.78 Å². The van der Waals surface area contributed by atoms with E-state index in [0.717, 1.165) is 6.07 Å². The number of benzene rings is 1. The largest absolute Gasteiger partial charge is 0.488 e. The number of rotatable bonds is 4. The van der Waals surface area contributed by atoms with E-state index < -0.39 is 24.5 Å². The van der Waals surface area contributed by atoms with Crippen molar-refractivity contribution in [3.63, 3.8) is 0 Å². The summed E-state index contributed by atoms with van der Waals surface area (Å²) in [4.78, 5) is 0. The Bertz CT molecular complexity index is 383. The van der Waals surface area contributed by atoms with Crippen LogP contribution in [-0.4, -0.2) is 23.8 Å². The lowest BCUT2D eigenvalue weighted by Gasteiger charge is -2.12. The normalized spacial score (nSPS) is 10.4. The van der Waals surface area contributed by atoms with E-state index in [-0.39, 0.29) is 17.6 Å². The molecule has 0 saturated heterocycles. The molecule has 0 aromatic heterocycles. The van der Waals surface area contributed by atoms with Crippen LogP contribution in [0.2, 0.25) is 0 Å². The predicted molar refractivity (Wildman–Crippen MR) is 56.7 cm³/mol. The summed E-state index contributed by atoms with van der Waals surface area (Å²) >= 11 is 0. The van der Waals surface area contributed by atoms with E-state index in [4.69, 9.17) is 14.8 Å². The second-order valence-electron chi connectivity index (χ2n) is 3.44. The molecule has 0 fully saturated rings. The fourth-order valence-corrected chi connectivity index (χ4v) is 1.32. The van der Waals surface area contributed by atoms with Gasteiger partial charge in [0.2, 0.25) is 0 Å². The minimum absolute atomic E-state index is 0.0255. The SMILES string of the molecule is CCCOc1c(F)cc(B(O)O)c(C)c1F. The quantitative estimate of drug-likeness (QED) is 0.750. The van der Waals surface area contributed by atoms with Gasteiger partial charge in [0.05, 0.1) is 6.61 Å². The molecule has 0 atom stereocenters. The van der Waals surface area contributed by atoms with Gasteiger partial charge >= 0.3 is 7.12 Å². The highest BCUT2D eigenvalue weighted by Crippen LogP contribution is 2.23. The van der Waals surface area contributed by atoms with Gasteiger partial charge in [-0.2, -0.15) is 0 Å². The van der Waals surface area contributed by atoms with Crippen molar-refractivity contribution in [2.45, 2.75) is 20.3 Å². The third-order valence-electron chi connectivity index (χ3n) is 2.19. The van der Waals surface area contributed by atoms with E-state index >= 15 is 0 Å². The fourth-order valence-electron chi connectivity index (χ4n) is 1.32. The second kappa shape index (κ2) is 5.27. The Morgan fingerprint density at radius 3 is 2.50 bits per heavy atom. The van der Waals surface area contributed by atoms with E-state index in [2.05, 4.69) is 0 Å². The molecular weight excluding hydrogens is 217 g/mol. The van der Waals surface area contributed by atoms with Crippen LogP contribution in [0.1, 0.15) is 18.9 Å². The maximum Gasteiger partial charge on any atom is 0.488 e. The third-order valence-corrected chi connectivity index (χ3v) is 2.19. The lowest BCUT2D eigenvalue weighted by atomic mass is 9.77. The molecule has 2 N–H and O–H groups in total. The van der Waals surface area contributed by atoms with E-state index in [9.17, 15) is 8.78 Å². The summed E-state index contributed by atoms with van der Waals surface area (Å²) in [5, 5.41) is 17.8. The zero-order chi connectivity index (χ0) is 12.3. The molecule has 88 valence electrons. The fraction of sp³-hybridized carbons (Fsp3) is 0.400. The van der Waals surface area contributed by atoms with Crippen molar-refractivity contribution >= 4 is 12.6 Å². The van der Waals surface area contributed by atoms with Gasteiger partial charge in [-0.1, -0.05) is 6.92 Å². The first-order valence-electron chi connectivity index (χ1n) is 4.96. The van der Waals surface area contributed by atoms with Crippen LogP contribution in [0.15, 0.2) is 6.07 Å². The van der Waals surface area contributed by atoms with Gasteiger partial charge in [-0.15, -0.1) is 0 Å². The average molecular weight is 230 g/mol. The molecule has 0 amide bonds. The van der Waals surface area contributed by atoms with Crippen molar-refractivity contribution in [2.75, 3.05) is 6.61 Å². The number of hydrogen-bond acceptors (Lipinski definition) is 3. The lowest BCUT2D eigenvalue weighted by molar-refractivity contribution is 0.284. The maximum atomic E-state index is 13.6. The first kappa shape index (κ1) is 12.9. The van der Waals surface area contributed by atoms with Gasteiger partial charge in [0.25, 0.3) is 0 Å². The van der Waals surface area contributed by atoms with Crippen molar-refractivity contribution < 1.29 is 23.6 Å². The predicted octanol–water partition coefficient (Wildman–Crippen LogP) is 0.742. The first-order valence-corrected chi connectivity index (χ1v) is 4.96. The Morgan fingerprint density at radius 2 is 2.00 bits per heavy atom. The standard InChI is InChI=1S/C10H13BF2O3/c1-3-4-16-10-8(12)5-7(11(14)15)6(2)9(10)13/h5,14-15H,3-4H2,1-2H3. The molecule has 0 heterocycles. The molecule has 0 bridgehead atoms. The van der Waals surface area contributed by atoms with Crippen molar-refractivity contribution in [2.24, 2.45) is 0 Å². The molecule has 6 heteroatoms. The van der Waals surface area contributed by atoms with Crippen LogP contribution < -0.4 is 10.2 Å². The van der Waals surface area contributed by atoms with E-state index in [1.54, 1.807) is 0 Å². The van der Waals surface area contributed by atoms with E-state index in [0.29, 0.717) is 6.42 Å². The molecule has 0 spiro atoms. The smallest absolute Gasteiger partial charge is 0.488 e. The number of halogens is 2. The van der Waals surface area contributed by atoms with Crippen LogP contribution in [0.5, 0.6) is 5.75 Å². The summed E-state index contributed by atoms with van der Waals surface area (Å²) in [6.07, 6.45) is 0.627. The number of hydrogen-bond donors (Lipinski definition) is 2. The molecule has 0 saturated carbocycles. The van der Waals surface area contributed by atoms with Gasteiger partial charge in [-0.3, -0.25) is 0 Å². The van der Waals surface area contributed by atoms with Gasteiger partial charge in [0.1, 0.15) is 0 Å². The Balaban J connectivity index is 3.18.